The third-order valence-electron chi connectivity index (χ3n) is 7.47. The van der Waals surface area contributed by atoms with Crippen LogP contribution in [0.5, 0.6) is 5.75 Å². The first-order valence-electron chi connectivity index (χ1n) is 12.5. The predicted octanol–water partition coefficient (Wildman–Crippen LogP) is 6.61. The molecule has 0 aliphatic carbocycles. The molecule has 194 valence electrons. The van der Waals surface area contributed by atoms with Crippen molar-refractivity contribution in [3.8, 4) is 16.9 Å². The van der Waals surface area contributed by atoms with Gasteiger partial charge in [0, 0.05) is 28.0 Å². The standard InChI is InChI=1S/C28H29Cl2FN4O2/c1-3-10-35-11-8-28(9-12-35)19-13-17(4-7-22(19)34-27(28)36)18-14-23(26(32)33-15-18)37-16(2)24-20(29)5-6-21(31)25(24)30/h4-7,13-16H,3,8-12H2,1-2H3,(H2,32,33)(H,34,36)/t16-/m1/s1. The molecule has 0 saturated carbocycles. The van der Waals surface area contributed by atoms with Gasteiger partial charge in [-0.05, 0) is 87.3 Å². The van der Waals surface area contributed by atoms with E-state index in [4.69, 9.17) is 33.7 Å². The Balaban J connectivity index is 1.45. The van der Waals surface area contributed by atoms with Crippen LogP contribution in [0.15, 0.2) is 42.6 Å². The van der Waals surface area contributed by atoms with E-state index in [0.717, 1.165) is 61.3 Å². The van der Waals surface area contributed by atoms with Gasteiger partial charge in [0.05, 0.1) is 10.4 Å². The molecule has 0 unspecified atom stereocenters. The molecule has 2 aliphatic rings. The summed E-state index contributed by atoms with van der Waals surface area (Å²) in [7, 11) is 0. The van der Waals surface area contributed by atoms with Crippen molar-refractivity contribution in [2.24, 2.45) is 0 Å². The number of benzene rings is 2. The lowest BCUT2D eigenvalue weighted by Gasteiger charge is -2.38. The molecule has 1 fully saturated rings. The topological polar surface area (TPSA) is 80.5 Å². The van der Waals surface area contributed by atoms with E-state index in [1.165, 1.54) is 12.1 Å². The third-order valence-corrected chi connectivity index (χ3v) is 8.19. The van der Waals surface area contributed by atoms with E-state index in [0.29, 0.717) is 16.3 Å². The first kappa shape index (κ1) is 25.8. The summed E-state index contributed by atoms with van der Waals surface area (Å²) in [4.78, 5) is 19.9. The van der Waals surface area contributed by atoms with Gasteiger partial charge in [-0.3, -0.25) is 4.79 Å². The van der Waals surface area contributed by atoms with Gasteiger partial charge in [0.15, 0.2) is 11.6 Å². The smallest absolute Gasteiger partial charge is 0.235 e. The van der Waals surface area contributed by atoms with E-state index < -0.39 is 17.3 Å². The monoisotopic (exact) mass is 542 g/mol. The highest BCUT2D eigenvalue weighted by atomic mass is 35.5. The minimum atomic E-state index is -0.673. The normalized spacial score (nSPS) is 17.5. The number of hydrogen-bond donors (Lipinski definition) is 2. The van der Waals surface area contributed by atoms with E-state index in [2.05, 4.69) is 28.2 Å². The van der Waals surface area contributed by atoms with E-state index in [-0.39, 0.29) is 16.7 Å². The number of carbonyl (C=O) groups excluding carboxylic acids is 1. The number of nitrogens with two attached hydrogens (primary N) is 1. The van der Waals surface area contributed by atoms with Crippen molar-refractivity contribution in [1.82, 2.24) is 9.88 Å². The van der Waals surface area contributed by atoms with Gasteiger partial charge in [-0.1, -0.05) is 36.2 Å². The highest BCUT2D eigenvalue weighted by Crippen LogP contribution is 2.46. The summed E-state index contributed by atoms with van der Waals surface area (Å²) < 4.78 is 20.1. The second-order valence-corrected chi connectivity index (χ2v) is 10.5. The Morgan fingerprint density at radius 1 is 1.19 bits per heavy atom. The Bertz CT molecular complexity index is 1360. The Hall–Kier alpha value is -2.87. The van der Waals surface area contributed by atoms with Gasteiger partial charge in [-0.25, -0.2) is 9.37 Å². The fourth-order valence-corrected chi connectivity index (χ4v) is 6.11. The van der Waals surface area contributed by atoms with Crippen molar-refractivity contribution in [3.63, 3.8) is 0 Å². The van der Waals surface area contributed by atoms with Crippen molar-refractivity contribution in [2.45, 2.75) is 44.6 Å². The molecule has 2 aromatic carbocycles. The summed E-state index contributed by atoms with van der Waals surface area (Å²) in [5, 5.41) is 3.30. The number of carbonyl (C=O) groups is 1. The number of likely N-dealkylation sites (tertiary alicyclic amines) is 1. The molecule has 1 saturated heterocycles. The first-order chi connectivity index (χ1) is 17.7. The predicted molar refractivity (Wildman–Crippen MR) is 146 cm³/mol. The zero-order valence-electron chi connectivity index (χ0n) is 20.8. The molecule has 1 aromatic heterocycles. The average Bonchev–Trinajstić information content (AvgIpc) is 3.15. The maximum atomic E-state index is 14.1. The van der Waals surface area contributed by atoms with Crippen LogP contribution in [0.3, 0.4) is 0 Å². The molecule has 1 atom stereocenters. The SMILES string of the molecule is CCCN1CCC2(CC1)C(=O)Nc1ccc(-c3cnc(N)c(O[C@H](C)c4c(Cl)ccc(F)c4Cl)c3)cc12. The maximum Gasteiger partial charge on any atom is 0.235 e. The number of fused-ring (bicyclic) bond motifs is 2. The molecule has 3 aromatic rings. The van der Waals surface area contributed by atoms with Crippen LogP contribution in [0.2, 0.25) is 10.0 Å². The first-order valence-corrected chi connectivity index (χ1v) is 13.2. The van der Waals surface area contributed by atoms with E-state index in [1.807, 2.05) is 12.1 Å². The Morgan fingerprint density at radius 2 is 1.95 bits per heavy atom. The summed E-state index contributed by atoms with van der Waals surface area (Å²) in [6.45, 7) is 6.74. The van der Waals surface area contributed by atoms with Gasteiger partial charge in [0.25, 0.3) is 0 Å². The van der Waals surface area contributed by atoms with Crippen molar-refractivity contribution in [3.05, 3.63) is 69.6 Å². The van der Waals surface area contributed by atoms with Crippen LogP contribution >= 0.6 is 23.2 Å². The molecule has 1 amide bonds. The number of halogens is 3. The van der Waals surface area contributed by atoms with Crippen LogP contribution in [0, 0.1) is 5.82 Å². The fourth-order valence-electron chi connectivity index (χ4n) is 5.44. The van der Waals surface area contributed by atoms with Gasteiger partial charge in [0.2, 0.25) is 5.91 Å². The average molecular weight is 543 g/mol. The number of ether oxygens (including phenoxy) is 1. The van der Waals surface area contributed by atoms with Crippen LogP contribution in [0.1, 0.15) is 50.3 Å². The van der Waals surface area contributed by atoms with Crippen molar-refractivity contribution < 1.29 is 13.9 Å². The Labute approximate surface area is 225 Å². The molecule has 3 heterocycles. The lowest BCUT2D eigenvalue weighted by atomic mass is 9.73. The number of nitrogens with zero attached hydrogens (tertiary/aromatic N) is 2. The molecule has 37 heavy (non-hydrogen) atoms. The Kier molecular flexibility index (Phi) is 7.05. The number of rotatable bonds is 6. The van der Waals surface area contributed by atoms with E-state index >= 15 is 0 Å². The molecule has 9 heteroatoms. The lowest BCUT2D eigenvalue weighted by Crippen LogP contribution is -2.46. The second kappa shape index (κ2) is 10.1. The van der Waals surface area contributed by atoms with Crippen molar-refractivity contribution in [1.29, 1.82) is 0 Å². The summed E-state index contributed by atoms with van der Waals surface area (Å²) in [6, 6.07) is 10.4. The minimum absolute atomic E-state index is 0.0768. The number of nitrogen functional groups attached to an aromatic ring is 1. The fraction of sp³-hybridized carbons (Fsp3) is 0.357. The molecule has 5 rings (SSSR count). The van der Waals surface area contributed by atoms with E-state index in [9.17, 15) is 9.18 Å². The third kappa shape index (κ3) is 4.65. The summed E-state index contributed by atoms with van der Waals surface area (Å²) in [6.07, 6.45) is 3.68. The maximum absolute atomic E-state index is 14.1. The number of pyridine rings is 1. The van der Waals surface area contributed by atoms with Crippen LogP contribution < -0.4 is 15.8 Å². The van der Waals surface area contributed by atoms with Gasteiger partial charge >= 0.3 is 0 Å². The van der Waals surface area contributed by atoms with Crippen LogP contribution in [0.4, 0.5) is 15.9 Å². The highest BCUT2D eigenvalue weighted by molar-refractivity contribution is 6.36. The van der Waals surface area contributed by atoms with Crippen LogP contribution in [-0.2, 0) is 10.2 Å². The number of aromatic nitrogens is 1. The van der Waals surface area contributed by atoms with Crippen LogP contribution in [0.25, 0.3) is 11.1 Å². The number of anilines is 2. The van der Waals surface area contributed by atoms with Gasteiger partial charge < -0.3 is 20.7 Å². The van der Waals surface area contributed by atoms with Crippen molar-refractivity contribution >= 4 is 40.6 Å². The Morgan fingerprint density at radius 3 is 2.68 bits per heavy atom. The van der Waals surface area contributed by atoms with Gasteiger partial charge in [-0.2, -0.15) is 0 Å². The zero-order valence-corrected chi connectivity index (χ0v) is 22.3. The minimum Gasteiger partial charge on any atom is -0.482 e. The summed E-state index contributed by atoms with van der Waals surface area (Å²) in [5.74, 6) is 0.0238. The summed E-state index contributed by atoms with van der Waals surface area (Å²) >= 11 is 12.4. The quantitative estimate of drug-likeness (QED) is 0.342. The number of piperidine rings is 1. The second-order valence-electron chi connectivity index (χ2n) is 9.76. The molecular weight excluding hydrogens is 514 g/mol. The lowest BCUT2D eigenvalue weighted by molar-refractivity contribution is -0.122. The molecule has 0 radical (unpaired) electrons. The zero-order chi connectivity index (χ0) is 26.3. The molecule has 2 aliphatic heterocycles. The highest BCUT2D eigenvalue weighted by Gasteiger charge is 2.48. The molecule has 0 bridgehead atoms. The van der Waals surface area contributed by atoms with Gasteiger partial charge in [0.1, 0.15) is 11.9 Å². The largest absolute Gasteiger partial charge is 0.482 e. The number of hydrogen-bond acceptors (Lipinski definition) is 5. The van der Waals surface area contributed by atoms with Crippen molar-refractivity contribution in [2.75, 3.05) is 30.7 Å². The van der Waals surface area contributed by atoms with E-state index in [1.54, 1.807) is 19.2 Å². The van der Waals surface area contributed by atoms with Gasteiger partial charge in [-0.15, -0.1) is 0 Å². The molecule has 1 spiro atoms. The summed E-state index contributed by atoms with van der Waals surface area (Å²) in [5.41, 5.74) is 9.52. The van der Waals surface area contributed by atoms with Crippen LogP contribution in [-0.4, -0.2) is 35.4 Å². The molecule has 6 nitrogen and oxygen atoms in total. The molecule has 3 N–H and O–H groups in total. The number of nitrogens with one attached hydrogen (secondary N) is 1. The molecular formula is C28H29Cl2FN4O2. The number of amides is 1.